The molecule has 114 valence electrons. The Kier molecular flexibility index (Phi) is 5.07. The van der Waals surface area contributed by atoms with Crippen LogP contribution >= 0.6 is 34.2 Å². The van der Waals surface area contributed by atoms with Gasteiger partial charge >= 0.3 is 0 Å². The first kappa shape index (κ1) is 15.6. The van der Waals surface area contributed by atoms with Gasteiger partial charge in [0.2, 0.25) is 0 Å². The zero-order chi connectivity index (χ0) is 14.8. The molecule has 1 aliphatic carbocycles. The minimum Gasteiger partial charge on any atom is -0.336 e. The third kappa shape index (κ3) is 3.54. The first-order valence-corrected chi connectivity index (χ1v) is 9.09. The molecule has 0 atom stereocenters. The molecule has 1 amide bonds. The maximum absolute atomic E-state index is 12.6. The van der Waals surface area contributed by atoms with Crippen LogP contribution in [0.15, 0.2) is 18.2 Å². The number of amides is 1. The smallest absolute Gasteiger partial charge is 0.255 e. The molecule has 0 N–H and O–H groups in total. The van der Waals surface area contributed by atoms with Gasteiger partial charge in [-0.15, -0.1) is 0 Å². The second-order valence-electron chi connectivity index (χ2n) is 5.89. The first-order valence-electron chi connectivity index (χ1n) is 7.63. The molecule has 21 heavy (non-hydrogen) atoms. The highest BCUT2D eigenvalue weighted by Crippen LogP contribution is 2.25. The van der Waals surface area contributed by atoms with Gasteiger partial charge in [0.25, 0.3) is 5.91 Å². The summed E-state index contributed by atoms with van der Waals surface area (Å²) in [6.45, 7) is 3.71. The van der Waals surface area contributed by atoms with Crippen LogP contribution in [0.3, 0.4) is 0 Å². The van der Waals surface area contributed by atoms with E-state index in [9.17, 15) is 4.79 Å². The zero-order valence-corrected chi connectivity index (χ0v) is 14.9. The average molecular weight is 419 g/mol. The molecule has 3 nitrogen and oxygen atoms in total. The van der Waals surface area contributed by atoms with E-state index in [1.807, 2.05) is 17.0 Å². The molecule has 0 bridgehead atoms. The van der Waals surface area contributed by atoms with Crippen molar-refractivity contribution in [1.82, 2.24) is 9.80 Å². The standard InChI is InChI=1S/C16H20ClIN2O/c17-12-5-6-14(15(18)11-12)16(21)20-9-7-19(8-10-20)13-3-1-2-4-13/h5-6,11,13H,1-4,7-10H2. The molecule has 1 aliphatic heterocycles. The molecular formula is C16H20ClIN2O. The quantitative estimate of drug-likeness (QED) is 0.685. The lowest BCUT2D eigenvalue weighted by Gasteiger charge is -2.38. The lowest BCUT2D eigenvalue weighted by Crippen LogP contribution is -2.51. The average Bonchev–Trinajstić information content (AvgIpc) is 3.01. The van der Waals surface area contributed by atoms with Crippen molar-refractivity contribution in [1.29, 1.82) is 0 Å². The van der Waals surface area contributed by atoms with Gasteiger partial charge < -0.3 is 4.90 Å². The molecule has 0 radical (unpaired) electrons. The predicted octanol–water partition coefficient (Wildman–Crippen LogP) is 3.65. The fourth-order valence-electron chi connectivity index (χ4n) is 3.39. The summed E-state index contributed by atoms with van der Waals surface area (Å²) in [5, 5.41) is 0.682. The van der Waals surface area contributed by atoms with Gasteiger partial charge in [0.1, 0.15) is 0 Å². The van der Waals surface area contributed by atoms with Crippen LogP contribution in [0.1, 0.15) is 36.0 Å². The predicted molar refractivity (Wildman–Crippen MR) is 93.9 cm³/mol. The Morgan fingerprint density at radius 1 is 1.14 bits per heavy atom. The minimum absolute atomic E-state index is 0.141. The number of benzene rings is 1. The van der Waals surface area contributed by atoms with Crippen LogP contribution in [-0.2, 0) is 0 Å². The molecule has 3 rings (SSSR count). The van der Waals surface area contributed by atoms with Crippen molar-refractivity contribution >= 4 is 40.1 Å². The highest BCUT2D eigenvalue weighted by Gasteiger charge is 2.28. The van der Waals surface area contributed by atoms with Crippen molar-refractivity contribution in [2.45, 2.75) is 31.7 Å². The van der Waals surface area contributed by atoms with Crippen LogP contribution in [0.5, 0.6) is 0 Å². The van der Waals surface area contributed by atoms with E-state index in [4.69, 9.17) is 11.6 Å². The monoisotopic (exact) mass is 418 g/mol. The van der Waals surface area contributed by atoms with Gasteiger partial charge in [-0.3, -0.25) is 9.69 Å². The summed E-state index contributed by atoms with van der Waals surface area (Å²) < 4.78 is 0.934. The summed E-state index contributed by atoms with van der Waals surface area (Å²) in [5.41, 5.74) is 0.773. The number of rotatable bonds is 2. The van der Waals surface area contributed by atoms with E-state index >= 15 is 0 Å². The van der Waals surface area contributed by atoms with Crippen LogP contribution < -0.4 is 0 Å². The first-order chi connectivity index (χ1) is 10.1. The summed E-state index contributed by atoms with van der Waals surface area (Å²) in [6, 6.07) is 6.25. The molecule has 5 heteroatoms. The minimum atomic E-state index is 0.141. The van der Waals surface area contributed by atoms with Crippen molar-refractivity contribution < 1.29 is 4.79 Å². The van der Waals surface area contributed by atoms with Crippen LogP contribution in [-0.4, -0.2) is 47.9 Å². The summed E-state index contributed by atoms with van der Waals surface area (Å²) >= 11 is 8.15. The number of carbonyl (C=O) groups excluding carboxylic acids is 1. The van der Waals surface area contributed by atoms with Crippen LogP contribution in [0, 0.1) is 3.57 Å². The van der Waals surface area contributed by atoms with Crippen LogP contribution in [0.25, 0.3) is 0 Å². The van der Waals surface area contributed by atoms with Gasteiger partial charge in [0, 0.05) is 40.8 Å². The lowest BCUT2D eigenvalue weighted by atomic mass is 10.1. The Balaban J connectivity index is 1.62. The highest BCUT2D eigenvalue weighted by atomic mass is 127. The number of hydrogen-bond donors (Lipinski definition) is 0. The second-order valence-corrected chi connectivity index (χ2v) is 7.49. The Bertz CT molecular complexity index is 523. The van der Waals surface area contributed by atoms with Gasteiger partial charge in [-0.05, 0) is 53.6 Å². The lowest BCUT2D eigenvalue weighted by molar-refractivity contribution is 0.0572. The number of halogens is 2. The molecular weight excluding hydrogens is 399 g/mol. The van der Waals surface area contributed by atoms with Crippen LogP contribution in [0.4, 0.5) is 0 Å². The Labute approximate surface area is 144 Å². The number of piperazine rings is 1. The molecule has 0 spiro atoms. The number of nitrogens with zero attached hydrogens (tertiary/aromatic N) is 2. The molecule has 1 aromatic carbocycles. The fourth-order valence-corrected chi connectivity index (χ4v) is 4.50. The molecule has 1 saturated heterocycles. The number of hydrogen-bond acceptors (Lipinski definition) is 2. The van der Waals surface area contributed by atoms with Gasteiger partial charge in [-0.25, -0.2) is 0 Å². The van der Waals surface area contributed by atoms with E-state index in [-0.39, 0.29) is 5.91 Å². The topological polar surface area (TPSA) is 23.6 Å². The van der Waals surface area contributed by atoms with Crippen molar-refractivity contribution in [2.75, 3.05) is 26.2 Å². The van der Waals surface area contributed by atoms with Crippen molar-refractivity contribution in [3.05, 3.63) is 32.4 Å². The Morgan fingerprint density at radius 3 is 2.43 bits per heavy atom. The Morgan fingerprint density at radius 2 is 1.81 bits per heavy atom. The molecule has 1 heterocycles. The number of carbonyl (C=O) groups is 1. The molecule has 2 aliphatic rings. The summed E-state index contributed by atoms with van der Waals surface area (Å²) in [5.74, 6) is 0.141. The fraction of sp³-hybridized carbons (Fsp3) is 0.562. The van der Waals surface area contributed by atoms with Gasteiger partial charge in [0.05, 0.1) is 5.56 Å². The molecule has 1 saturated carbocycles. The van der Waals surface area contributed by atoms with E-state index in [1.54, 1.807) is 6.07 Å². The van der Waals surface area contributed by atoms with Gasteiger partial charge in [-0.2, -0.15) is 0 Å². The summed E-state index contributed by atoms with van der Waals surface area (Å²) in [7, 11) is 0. The summed E-state index contributed by atoms with van der Waals surface area (Å²) in [4.78, 5) is 17.2. The normalized spacial score (nSPS) is 21.0. The van der Waals surface area contributed by atoms with Gasteiger partial charge in [-0.1, -0.05) is 24.4 Å². The molecule has 1 aromatic rings. The van der Waals surface area contributed by atoms with Crippen molar-refractivity contribution in [3.8, 4) is 0 Å². The van der Waals surface area contributed by atoms with Gasteiger partial charge in [0.15, 0.2) is 0 Å². The SMILES string of the molecule is O=C(c1ccc(Cl)cc1I)N1CCN(C2CCCC2)CC1. The van der Waals surface area contributed by atoms with Crippen LogP contribution in [0.2, 0.25) is 5.02 Å². The maximum Gasteiger partial charge on any atom is 0.255 e. The second kappa shape index (κ2) is 6.84. The molecule has 2 fully saturated rings. The third-order valence-corrected chi connectivity index (χ3v) is 5.73. The largest absolute Gasteiger partial charge is 0.336 e. The van der Waals surface area contributed by atoms with E-state index in [2.05, 4.69) is 27.5 Å². The molecule has 0 aromatic heterocycles. The van der Waals surface area contributed by atoms with E-state index in [0.717, 1.165) is 41.4 Å². The van der Waals surface area contributed by atoms with E-state index in [1.165, 1.54) is 25.7 Å². The van der Waals surface area contributed by atoms with Crippen molar-refractivity contribution in [3.63, 3.8) is 0 Å². The van der Waals surface area contributed by atoms with Crippen molar-refractivity contribution in [2.24, 2.45) is 0 Å². The zero-order valence-electron chi connectivity index (χ0n) is 12.0. The molecule has 0 unspecified atom stereocenters. The third-order valence-electron chi connectivity index (χ3n) is 4.60. The van der Waals surface area contributed by atoms with E-state index < -0.39 is 0 Å². The maximum atomic E-state index is 12.6. The highest BCUT2D eigenvalue weighted by molar-refractivity contribution is 14.1. The summed E-state index contributed by atoms with van der Waals surface area (Å²) in [6.07, 6.45) is 5.41. The van der Waals surface area contributed by atoms with E-state index in [0.29, 0.717) is 5.02 Å². The Hall–Kier alpha value is -0.330.